The fraction of sp³-hybridized carbons (Fsp3) is 0.375. The van der Waals surface area contributed by atoms with Gasteiger partial charge in [-0.05, 0) is 31.0 Å². The predicted octanol–water partition coefficient (Wildman–Crippen LogP) is 4.22. The van der Waals surface area contributed by atoms with Crippen molar-refractivity contribution in [3.63, 3.8) is 0 Å². The molecule has 0 unspecified atom stereocenters. The first-order chi connectivity index (χ1) is 10.9. The fourth-order valence-corrected chi connectivity index (χ4v) is 2.03. The van der Waals surface area contributed by atoms with Gasteiger partial charge in [0.1, 0.15) is 5.56 Å². The average molecular weight is 325 g/mol. The minimum atomic E-state index is -4.55. The summed E-state index contributed by atoms with van der Waals surface area (Å²) in [4.78, 5) is 9.36. The van der Waals surface area contributed by atoms with E-state index in [4.69, 9.17) is 4.74 Å². The molecule has 0 aliphatic carbocycles. The highest BCUT2D eigenvalue weighted by molar-refractivity contribution is 5.57. The summed E-state index contributed by atoms with van der Waals surface area (Å²) in [5.74, 6) is -0.312. The SMILES string of the molecule is CCOc1nc(N(C)c2ccc(CC)cc2)ncc1C(F)(F)F. The topological polar surface area (TPSA) is 38.2 Å². The number of nitrogens with zero attached hydrogens (tertiary/aromatic N) is 3. The smallest absolute Gasteiger partial charge is 0.423 e. The molecule has 0 aliphatic rings. The lowest BCUT2D eigenvalue weighted by atomic mass is 10.1. The molecule has 0 amide bonds. The van der Waals surface area contributed by atoms with Crippen molar-refractivity contribution in [3.8, 4) is 5.88 Å². The number of hydrogen-bond acceptors (Lipinski definition) is 4. The monoisotopic (exact) mass is 325 g/mol. The lowest BCUT2D eigenvalue weighted by Gasteiger charge is -2.19. The van der Waals surface area contributed by atoms with E-state index in [0.29, 0.717) is 0 Å². The lowest BCUT2D eigenvalue weighted by Crippen LogP contribution is -2.17. The Bertz CT molecular complexity index is 657. The Morgan fingerprint density at radius 1 is 1.13 bits per heavy atom. The van der Waals surface area contributed by atoms with Crippen molar-refractivity contribution in [1.82, 2.24) is 9.97 Å². The van der Waals surface area contributed by atoms with Crippen molar-refractivity contribution in [1.29, 1.82) is 0 Å². The van der Waals surface area contributed by atoms with Crippen LogP contribution in [0.3, 0.4) is 0 Å². The van der Waals surface area contributed by atoms with E-state index in [0.717, 1.165) is 18.3 Å². The van der Waals surface area contributed by atoms with Gasteiger partial charge in [0, 0.05) is 18.9 Å². The van der Waals surface area contributed by atoms with Gasteiger partial charge in [0.25, 0.3) is 0 Å². The minimum Gasteiger partial charge on any atom is -0.477 e. The maximum absolute atomic E-state index is 12.9. The number of ether oxygens (including phenoxy) is 1. The van der Waals surface area contributed by atoms with Crippen LogP contribution in [-0.2, 0) is 12.6 Å². The number of halogens is 3. The van der Waals surface area contributed by atoms with Crippen LogP contribution < -0.4 is 9.64 Å². The Kier molecular flexibility index (Phi) is 5.08. The van der Waals surface area contributed by atoms with Gasteiger partial charge >= 0.3 is 6.18 Å². The predicted molar refractivity (Wildman–Crippen MR) is 82.1 cm³/mol. The highest BCUT2D eigenvalue weighted by Gasteiger charge is 2.36. The molecule has 2 aromatic rings. The summed E-state index contributed by atoms with van der Waals surface area (Å²) in [7, 11) is 1.69. The summed E-state index contributed by atoms with van der Waals surface area (Å²) in [6.45, 7) is 3.75. The van der Waals surface area contributed by atoms with E-state index in [1.165, 1.54) is 5.56 Å². The molecular weight excluding hydrogens is 307 g/mol. The van der Waals surface area contributed by atoms with Gasteiger partial charge in [-0.15, -0.1) is 0 Å². The molecule has 0 spiro atoms. The molecule has 0 bridgehead atoms. The van der Waals surface area contributed by atoms with Crippen LogP contribution in [0.15, 0.2) is 30.5 Å². The number of benzene rings is 1. The standard InChI is InChI=1S/C16H18F3N3O/c1-4-11-6-8-12(9-7-11)22(3)15-20-10-13(16(17,18)19)14(21-15)23-5-2/h6-10H,4-5H2,1-3H3. The Balaban J connectivity index is 2.36. The number of aryl methyl sites for hydroxylation is 1. The molecule has 0 N–H and O–H groups in total. The van der Waals surface area contributed by atoms with Crippen molar-refractivity contribution < 1.29 is 17.9 Å². The molecule has 1 aromatic carbocycles. The maximum atomic E-state index is 12.9. The zero-order valence-corrected chi connectivity index (χ0v) is 13.2. The largest absolute Gasteiger partial charge is 0.477 e. The van der Waals surface area contributed by atoms with Crippen LogP contribution >= 0.6 is 0 Å². The Morgan fingerprint density at radius 3 is 2.30 bits per heavy atom. The van der Waals surface area contributed by atoms with Crippen LogP contribution in [0, 0.1) is 0 Å². The first kappa shape index (κ1) is 17.1. The summed E-state index contributed by atoms with van der Waals surface area (Å²) in [6, 6.07) is 7.67. The minimum absolute atomic E-state index is 0.0917. The molecule has 4 nitrogen and oxygen atoms in total. The number of anilines is 2. The molecule has 23 heavy (non-hydrogen) atoms. The van der Waals surface area contributed by atoms with Gasteiger partial charge in [0.2, 0.25) is 11.8 Å². The number of alkyl halides is 3. The average Bonchev–Trinajstić information content (AvgIpc) is 2.53. The van der Waals surface area contributed by atoms with Crippen molar-refractivity contribution in [2.75, 3.05) is 18.6 Å². The van der Waals surface area contributed by atoms with Crippen LogP contribution in [0.25, 0.3) is 0 Å². The first-order valence-electron chi connectivity index (χ1n) is 7.26. The second-order valence-electron chi connectivity index (χ2n) is 4.90. The molecule has 7 heteroatoms. The van der Waals surface area contributed by atoms with Gasteiger partial charge < -0.3 is 9.64 Å². The zero-order valence-electron chi connectivity index (χ0n) is 13.2. The molecule has 0 fully saturated rings. The van der Waals surface area contributed by atoms with E-state index < -0.39 is 17.6 Å². The number of aromatic nitrogens is 2. The third-order valence-corrected chi connectivity index (χ3v) is 3.36. The summed E-state index contributed by atoms with van der Waals surface area (Å²) in [5, 5.41) is 0. The van der Waals surface area contributed by atoms with E-state index >= 15 is 0 Å². The van der Waals surface area contributed by atoms with E-state index in [9.17, 15) is 13.2 Å². The van der Waals surface area contributed by atoms with E-state index in [2.05, 4.69) is 9.97 Å². The molecule has 124 valence electrons. The molecule has 0 saturated carbocycles. The van der Waals surface area contributed by atoms with Crippen molar-refractivity contribution in [2.24, 2.45) is 0 Å². The Hall–Kier alpha value is -2.31. The first-order valence-corrected chi connectivity index (χ1v) is 7.26. The number of hydrogen-bond donors (Lipinski definition) is 0. The van der Waals surface area contributed by atoms with Gasteiger partial charge in [-0.25, -0.2) is 4.98 Å². The third kappa shape index (κ3) is 3.91. The van der Waals surface area contributed by atoms with Gasteiger partial charge in [-0.3, -0.25) is 0 Å². The maximum Gasteiger partial charge on any atom is 0.423 e. The van der Waals surface area contributed by atoms with E-state index in [-0.39, 0.29) is 12.6 Å². The second kappa shape index (κ2) is 6.85. The molecule has 2 rings (SSSR count). The zero-order chi connectivity index (χ0) is 17.0. The summed E-state index contributed by atoms with van der Waals surface area (Å²) in [5.41, 5.74) is 0.979. The van der Waals surface area contributed by atoms with Crippen LogP contribution in [0.2, 0.25) is 0 Å². The molecule has 1 heterocycles. The Labute approximate surface area is 132 Å². The van der Waals surface area contributed by atoms with Crippen LogP contribution in [0.1, 0.15) is 25.0 Å². The Morgan fingerprint density at radius 2 is 1.78 bits per heavy atom. The van der Waals surface area contributed by atoms with Crippen LogP contribution in [0.5, 0.6) is 5.88 Å². The lowest BCUT2D eigenvalue weighted by molar-refractivity contribution is -0.139. The van der Waals surface area contributed by atoms with Gasteiger partial charge in [-0.1, -0.05) is 19.1 Å². The van der Waals surface area contributed by atoms with Gasteiger partial charge in [0.15, 0.2) is 0 Å². The third-order valence-electron chi connectivity index (χ3n) is 3.36. The van der Waals surface area contributed by atoms with Crippen LogP contribution in [-0.4, -0.2) is 23.6 Å². The van der Waals surface area contributed by atoms with Gasteiger partial charge in [-0.2, -0.15) is 18.2 Å². The summed E-state index contributed by atoms with van der Waals surface area (Å²) >= 11 is 0. The van der Waals surface area contributed by atoms with Crippen molar-refractivity contribution >= 4 is 11.6 Å². The highest BCUT2D eigenvalue weighted by Crippen LogP contribution is 2.36. The van der Waals surface area contributed by atoms with E-state index in [1.54, 1.807) is 18.9 Å². The highest BCUT2D eigenvalue weighted by atomic mass is 19.4. The van der Waals surface area contributed by atoms with Crippen molar-refractivity contribution in [3.05, 3.63) is 41.6 Å². The molecule has 0 saturated heterocycles. The summed E-state index contributed by atoms with van der Waals surface area (Å²) < 4.78 is 43.8. The van der Waals surface area contributed by atoms with Gasteiger partial charge in [0.05, 0.1) is 6.61 Å². The second-order valence-corrected chi connectivity index (χ2v) is 4.90. The number of rotatable bonds is 5. The molecular formula is C16H18F3N3O. The van der Waals surface area contributed by atoms with Crippen molar-refractivity contribution in [2.45, 2.75) is 26.4 Å². The summed E-state index contributed by atoms with van der Waals surface area (Å²) in [6.07, 6.45) is -2.89. The molecule has 0 atom stereocenters. The molecule has 0 aliphatic heterocycles. The van der Waals surface area contributed by atoms with E-state index in [1.807, 2.05) is 31.2 Å². The fourth-order valence-electron chi connectivity index (χ4n) is 2.03. The normalized spacial score (nSPS) is 11.4. The quantitative estimate of drug-likeness (QED) is 0.825. The van der Waals surface area contributed by atoms with Crippen LogP contribution in [0.4, 0.5) is 24.8 Å². The molecule has 0 radical (unpaired) electrons. The molecule has 1 aromatic heterocycles.